The lowest BCUT2D eigenvalue weighted by atomic mass is 9.96. The average Bonchev–Trinajstić information content (AvgIpc) is 2.83. The van der Waals surface area contributed by atoms with E-state index in [-0.39, 0.29) is 15.7 Å². The quantitative estimate of drug-likeness (QED) is 0.836. The molecule has 0 amide bonds. The Morgan fingerprint density at radius 1 is 1.04 bits per heavy atom. The minimum atomic E-state index is -5.64. The van der Waals surface area contributed by atoms with Crippen LogP contribution in [-0.4, -0.2) is 28.1 Å². The van der Waals surface area contributed by atoms with Gasteiger partial charge in [0.2, 0.25) is 0 Å². The maximum Gasteiger partial charge on any atom is 0.518 e. The molecule has 0 spiro atoms. The molecule has 1 aromatic carbocycles. The standard InChI is InChI=1S/C14H16F3N3O2S/c1-9-5-7-10(8-6-9)11-18-12(13(2,3)4)20(19-11)23(21,22)14(15,16)17/h5-8H,1-4H3. The molecule has 0 N–H and O–H groups in total. The molecule has 1 heterocycles. The number of hydrogen-bond donors (Lipinski definition) is 0. The van der Waals surface area contributed by atoms with Gasteiger partial charge in [0, 0.05) is 11.0 Å². The topological polar surface area (TPSA) is 64.8 Å². The van der Waals surface area contributed by atoms with Crippen LogP contribution in [0, 0.1) is 6.92 Å². The van der Waals surface area contributed by atoms with E-state index in [2.05, 4.69) is 10.1 Å². The van der Waals surface area contributed by atoms with E-state index in [1.165, 1.54) is 0 Å². The fourth-order valence-electron chi connectivity index (χ4n) is 1.84. The van der Waals surface area contributed by atoms with Crippen LogP contribution in [0.25, 0.3) is 11.4 Å². The summed E-state index contributed by atoms with van der Waals surface area (Å²) in [4.78, 5) is 4.03. The van der Waals surface area contributed by atoms with Crippen LogP contribution in [0.4, 0.5) is 13.2 Å². The first-order valence-corrected chi connectivity index (χ1v) is 8.14. The third kappa shape index (κ3) is 3.24. The van der Waals surface area contributed by atoms with Gasteiger partial charge in [-0.25, -0.2) is 4.98 Å². The van der Waals surface area contributed by atoms with Crippen LogP contribution in [0.2, 0.25) is 0 Å². The van der Waals surface area contributed by atoms with E-state index < -0.39 is 20.9 Å². The fraction of sp³-hybridized carbons (Fsp3) is 0.429. The Balaban J connectivity index is 2.70. The van der Waals surface area contributed by atoms with Gasteiger partial charge in [-0.1, -0.05) is 50.6 Å². The number of aryl methyl sites for hydroxylation is 1. The summed E-state index contributed by atoms with van der Waals surface area (Å²) in [7, 11) is -5.64. The second-order valence-corrected chi connectivity index (χ2v) is 7.93. The number of halogens is 3. The van der Waals surface area contributed by atoms with Gasteiger partial charge in [-0.3, -0.25) is 0 Å². The van der Waals surface area contributed by atoms with Gasteiger partial charge in [0.15, 0.2) is 11.6 Å². The molecule has 1 aromatic heterocycles. The number of alkyl halides is 3. The van der Waals surface area contributed by atoms with E-state index >= 15 is 0 Å². The summed E-state index contributed by atoms with van der Waals surface area (Å²) >= 11 is 0. The Morgan fingerprint density at radius 2 is 1.57 bits per heavy atom. The van der Waals surface area contributed by atoms with Gasteiger partial charge in [0.05, 0.1) is 0 Å². The van der Waals surface area contributed by atoms with E-state index in [4.69, 9.17) is 0 Å². The zero-order chi connectivity index (χ0) is 17.6. The SMILES string of the molecule is Cc1ccc(-c2nc(C(C)(C)C)n(S(=O)(=O)C(F)(F)F)n2)cc1. The second kappa shape index (κ2) is 5.33. The molecule has 0 aliphatic rings. The summed E-state index contributed by atoms with van der Waals surface area (Å²) in [5.74, 6) is -0.340. The molecule has 0 radical (unpaired) electrons. The Kier molecular flexibility index (Phi) is 4.04. The van der Waals surface area contributed by atoms with Crippen molar-refractivity contribution in [3.05, 3.63) is 35.7 Å². The third-order valence-electron chi connectivity index (χ3n) is 3.08. The van der Waals surface area contributed by atoms with Crippen LogP contribution in [0.1, 0.15) is 32.2 Å². The molecule has 23 heavy (non-hydrogen) atoms. The van der Waals surface area contributed by atoms with Crippen molar-refractivity contribution in [2.45, 2.75) is 38.6 Å². The highest BCUT2D eigenvalue weighted by Crippen LogP contribution is 2.31. The maximum atomic E-state index is 12.9. The van der Waals surface area contributed by atoms with Gasteiger partial charge >= 0.3 is 15.5 Å². The molecule has 0 aliphatic carbocycles. The summed E-state index contributed by atoms with van der Waals surface area (Å²) in [6, 6.07) is 6.74. The van der Waals surface area contributed by atoms with Crippen molar-refractivity contribution in [1.82, 2.24) is 14.2 Å². The highest BCUT2D eigenvalue weighted by molar-refractivity contribution is 7.90. The lowest BCUT2D eigenvalue weighted by Gasteiger charge is -2.18. The molecule has 0 bridgehead atoms. The summed E-state index contributed by atoms with van der Waals surface area (Å²) in [6.45, 7) is 6.56. The molecule has 2 rings (SSSR count). The Morgan fingerprint density at radius 3 is 2.00 bits per heavy atom. The van der Waals surface area contributed by atoms with Crippen molar-refractivity contribution in [1.29, 1.82) is 0 Å². The van der Waals surface area contributed by atoms with Crippen LogP contribution in [0.15, 0.2) is 24.3 Å². The molecule has 126 valence electrons. The van der Waals surface area contributed by atoms with Crippen LogP contribution in [0.3, 0.4) is 0 Å². The zero-order valence-electron chi connectivity index (χ0n) is 13.0. The fourth-order valence-corrected chi connectivity index (χ4v) is 2.77. The van der Waals surface area contributed by atoms with Crippen molar-refractivity contribution >= 4 is 10.0 Å². The van der Waals surface area contributed by atoms with Gasteiger partial charge in [-0.05, 0) is 6.92 Å². The van der Waals surface area contributed by atoms with Crippen molar-refractivity contribution < 1.29 is 21.6 Å². The van der Waals surface area contributed by atoms with Gasteiger partial charge in [0.1, 0.15) is 0 Å². The maximum absolute atomic E-state index is 12.9. The van der Waals surface area contributed by atoms with Crippen LogP contribution in [-0.2, 0) is 15.4 Å². The lowest BCUT2D eigenvalue weighted by molar-refractivity contribution is -0.0450. The number of hydrogen-bond acceptors (Lipinski definition) is 4. The first-order valence-electron chi connectivity index (χ1n) is 6.70. The molecule has 0 saturated heterocycles. The normalized spacial score (nSPS) is 13.3. The van der Waals surface area contributed by atoms with Gasteiger partial charge in [-0.15, -0.1) is 9.19 Å². The predicted molar refractivity (Wildman–Crippen MR) is 79.3 cm³/mol. The number of aromatic nitrogens is 3. The van der Waals surface area contributed by atoms with Crippen LogP contribution in [0.5, 0.6) is 0 Å². The van der Waals surface area contributed by atoms with E-state index in [9.17, 15) is 21.6 Å². The molecule has 0 aliphatic heterocycles. The summed E-state index contributed by atoms with van der Waals surface area (Å²) in [5.41, 5.74) is -5.00. The molecule has 0 unspecified atom stereocenters. The van der Waals surface area contributed by atoms with Crippen LogP contribution >= 0.6 is 0 Å². The van der Waals surface area contributed by atoms with E-state index in [0.717, 1.165) is 5.56 Å². The minimum Gasteiger partial charge on any atom is -0.210 e. The predicted octanol–water partition coefficient (Wildman–Crippen LogP) is 3.25. The number of benzene rings is 1. The summed E-state index contributed by atoms with van der Waals surface area (Å²) in [6.07, 6.45) is 0. The van der Waals surface area contributed by atoms with E-state index in [1.54, 1.807) is 45.0 Å². The Hall–Kier alpha value is -1.90. The Labute approximate surface area is 132 Å². The van der Waals surface area contributed by atoms with Crippen molar-refractivity contribution in [3.8, 4) is 11.4 Å². The Bertz CT molecular complexity index is 816. The molecular weight excluding hydrogens is 331 g/mol. The van der Waals surface area contributed by atoms with Crippen molar-refractivity contribution in [2.24, 2.45) is 0 Å². The second-order valence-electron chi connectivity index (χ2n) is 6.17. The number of nitrogens with zero attached hydrogens (tertiary/aromatic N) is 3. The molecule has 5 nitrogen and oxygen atoms in total. The first-order chi connectivity index (χ1) is 10.3. The smallest absolute Gasteiger partial charge is 0.210 e. The third-order valence-corrected chi connectivity index (χ3v) is 4.37. The minimum absolute atomic E-state index is 0.0117. The van der Waals surface area contributed by atoms with E-state index in [0.29, 0.717) is 5.56 Å². The molecule has 2 aromatic rings. The lowest BCUT2D eigenvalue weighted by Crippen LogP contribution is -2.34. The summed E-state index contributed by atoms with van der Waals surface area (Å²) in [5, 5.41) is 3.61. The molecule has 0 fully saturated rings. The highest BCUT2D eigenvalue weighted by atomic mass is 32.2. The van der Waals surface area contributed by atoms with E-state index in [1.807, 2.05) is 6.92 Å². The van der Waals surface area contributed by atoms with Gasteiger partial charge < -0.3 is 0 Å². The highest BCUT2D eigenvalue weighted by Gasteiger charge is 2.50. The zero-order valence-corrected chi connectivity index (χ0v) is 13.8. The number of rotatable bonds is 2. The molecule has 0 saturated carbocycles. The van der Waals surface area contributed by atoms with Crippen LogP contribution < -0.4 is 0 Å². The van der Waals surface area contributed by atoms with Gasteiger partial charge in [0.25, 0.3) is 0 Å². The summed E-state index contributed by atoms with van der Waals surface area (Å²) < 4.78 is 62.1. The van der Waals surface area contributed by atoms with Crippen molar-refractivity contribution in [3.63, 3.8) is 0 Å². The van der Waals surface area contributed by atoms with Crippen molar-refractivity contribution in [2.75, 3.05) is 0 Å². The monoisotopic (exact) mass is 347 g/mol. The molecule has 0 atom stereocenters. The van der Waals surface area contributed by atoms with Gasteiger partial charge in [-0.2, -0.15) is 21.6 Å². The largest absolute Gasteiger partial charge is 0.518 e. The molecule has 9 heteroatoms. The average molecular weight is 347 g/mol. The first kappa shape index (κ1) is 17.5. The molecular formula is C14H16F3N3O2S.